The van der Waals surface area contributed by atoms with Crippen molar-refractivity contribution in [3.63, 3.8) is 0 Å². The van der Waals surface area contributed by atoms with Gasteiger partial charge in [-0.1, -0.05) is 11.8 Å². The summed E-state index contributed by atoms with van der Waals surface area (Å²) in [5.41, 5.74) is 0. The molecule has 0 bridgehead atoms. The zero-order valence-corrected chi connectivity index (χ0v) is 8.19. The van der Waals surface area contributed by atoms with Crippen LogP contribution < -0.4 is 5.32 Å². The fraction of sp³-hybridized carbons (Fsp3) is 0.714. The van der Waals surface area contributed by atoms with Crippen molar-refractivity contribution in [2.75, 3.05) is 12.8 Å². The van der Waals surface area contributed by atoms with E-state index >= 15 is 0 Å². The van der Waals surface area contributed by atoms with Crippen molar-refractivity contribution >= 4 is 11.8 Å². The largest absolute Gasteiger partial charge is 0.317 e. The second-order valence-corrected chi connectivity index (χ2v) is 3.70. The highest BCUT2D eigenvalue weighted by Gasteiger charge is 1.99. The monoisotopic (exact) mass is 186 g/mol. The molecule has 0 amide bonds. The standard InChI is InChI=1S/C7H14N4S/c1-6(8-2)3-4-12-7-9-5-10-11-7/h5-6,8H,3-4H2,1-2H3,(H,9,10,11). The van der Waals surface area contributed by atoms with Crippen molar-refractivity contribution in [1.29, 1.82) is 0 Å². The first kappa shape index (κ1) is 9.54. The van der Waals surface area contributed by atoms with Crippen LogP contribution in [0.2, 0.25) is 0 Å². The van der Waals surface area contributed by atoms with E-state index in [0.717, 1.165) is 17.3 Å². The third kappa shape index (κ3) is 3.23. The average Bonchev–Trinajstić information content (AvgIpc) is 2.57. The van der Waals surface area contributed by atoms with E-state index in [1.165, 1.54) is 6.33 Å². The summed E-state index contributed by atoms with van der Waals surface area (Å²) < 4.78 is 0. The second-order valence-electron chi connectivity index (χ2n) is 2.62. The topological polar surface area (TPSA) is 53.6 Å². The van der Waals surface area contributed by atoms with Crippen molar-refractivity contribution in [1.82, 2.24) is 20.5 Å². The second kappa shape index (κ2) is 5.16. The van der Waals surface area contributed by atoms with Crippen LogP contribution in [0.1, 0.15) is 13.3 Å². The number of nitrogens with one attached hydrogen (secondary N) is 2. The Kier molecular flexibility index (Phi) is 4.10. The van der Waals surface area contributed by atoms with Gasteiger partial charge in [0, 0.05) is 11.8 Å². The summed E-state index contributed by atoms with van der Waals surface area (Å²) in [7, 11) is 1.98. The minimum Gasteiger partial charge on any atom is -0.317 e. The van der Waals surface area contributed by atoms with E-state index in [-0.39, 0.29) is 0 Å². The molecule has 12 heavy (non-hydrogen) atoms. The van der Waals surface area contributed by atoms with Crippen LogP contribution in [-0.4, -0.2) is 34.0 Å². The van der Waals surface area contributed by atoms with Crippen molar-refractivity contribution in [3.05, 3.63) is 6.33 Å². The molecule has 0 aromatic carbocycles. The molecule has 5 heteroatoms. The number of hydrogen-bond donors (Lipinski definition) is 2. The molecule has 0 spiro atoms. The van der Waals surface area contributed by atoms with Gasteiger partial charge in [-0.15, -0.1) is 0 Å². The maximum absolute atomic E-state index is 4.01. The summed E-state index contributed by atoms with van der Waals surface area (Å²) in [6.45, 7) is 2.17. The molecule has 0 radical (unpaired) electrons. The molecule has 4 nitrogen and oxygen atoms in total. The Labute approximate surface area is 76.5 Å². The number of aromatic amines is 1. The number of hydrogen-bond acceptors (Lipinski definition) is 4. The molecule has 0 saturated heterocycles. The molecule has 1 aromatic rings. The zero-order chi connectivity index (χ0) is 8.81. The SMILES string of the molecule is CNC(C)CCSc1ncn[nH]1. The first-order chi connectivity index (χ1) is 5.83. The van der Waals surface area contributed by atoms with Gasteiger partial charge < -0.3 is 5.32 Å². The first-order valence-corrected chi connectivity index (χ1v) is 4.97. The quantitative estimate of drug-likeness (QED) is 0.671. The molecule has 1 heterocycles. The molecular weight excluding hydrogens is 172 g/mol. The maximum Gasteiger partial charge on any atom is 0.183 e. The Morgan fingerprint density at radius 1 is 1.75 bits per heavy atom. The smallest absolute Gasteiger partial charge is 0.183 e. The fourth-order valence-corrected chi connectivity index (χ4v) is 1.64. The molecule has 68 valence electrons. The van der Waals surface area contributed by atoms with E-state index in [4.69, 9.17) is 0 Å². The summed E-state index contributed by atoms with van der Waals surface area (Å²) in [4.78, 5) is 4.01. The normalized spacial score (nSPS) is 13.2. The Bertz CT molecular complexity index is 199. The van der Waals surface area contributed by atoms with Gasteiger partial charge in [0.1, 0.15) is 6.33 Å². The van der Waals surface area contributed by atoms with E-state index in [9.17, 15) is 0 Å². The fourth-order valence-electron chi connectivity index (χ4n) is 0.741. The lowest BCUT2D eigenvalue weighted by atomic mass is 10.3. The van der Waals surface area contributed by atoms with Gasteiger partial charge >= 0.3 is 0 Å². The van der Waals surface area contributed by atoms with Crippen LogP contribution in [-0.2, 0) is 0 Å². The number of rotatable bonds is 5. The molecular formula is C7H14N4S. The van der Waals surface area contributed by atoms with Gasteiger partial charge in [-0.25, -0.2) is 4.98 Å². The summed E-state index contributed by atoms with van der Waals surface area (Å²) in [6, 6.07) is 0.570. The van der Waals surface area contributed by atoms with Crippen molar-refractivity contribution in [2.45, 2.75) is 24.5 Å². The lowest BCUT2D eigenvalue weighted by Crippen LogP contribution is -2.21. The van der Waals surface area contributed by atoms with Crippen LogP contribution in [0.3, 0.4) is 0 Å². The van der Waals surface area contributed by atoms with Gasteiger partial charge in [0.05, 0.1) is 0 Å². The lowest BCUT2D eigenvalue weighted by molar-refractivity contribution is 0.597. The lowest BCUT2D eigenvalue weighted by Gasteiger charge is -2.07. The van der Waals surface area contributed by atoms with Crippen LogP contribution in [0, 0.1) is 0 Å². The highest BCUT2D eigenvalue weighted by molar-refractivity contribution is 7.99. The highest BCUT2D eigenvalue weighted by Crippen LogP contribution is 2.12. The first-order valence-electron chi connectivity index (χ1n) is 3.98. The maximum atomic E-state index is 4.01. The van der Waals surface area contributed by atoms with E-state index in [0.29, 0.717) is 6.04 Å². The molecule has 0 aliphatic heterocycles. The molecule has 1 rings (SSSR count). The van der Waals surface area contributed by atoms with Crippen LogP contribution >= 0.6 is 11.8 Å². The van der Waals surface area contributed by atoms with Gasteiger partial charge in [0.25, 0.3) is 0 Å². The third-order valence-corrected chi connectivity index (χ3v) is 2.59. The van der Waals surface area contributed by atoms with Crippen LogP contribution in [0.4, 0.5) is 0 Å². The molecule has 0 aliphatic carbocycles. The van der Waals surface area contributed by atoms with Crippen LogP contribution in [0.15, 0.2) is 11.5 Å². The Morgan fingerprint density at radius 2 is 2.58 bits per heavy atom. The van der Waals surface area contributed by atoms with Gasteiger partial charge in [-0.05, 0) is 20.4 Å². The predicted octanol–water partition coefficient (Wildman–Crippen LogP) is 0.895. The number of thioether (sulfide) groups is 1. The molecule has 0 aliphatic rings. The Morgan fingerprint density at radius 3 is 3.17 bits per heavy atom. The van der Waals surface area contributed by atoms with Crippen LogP contribution in [0.25, 0.3) is 0 Å². The summed E-state index contributed by atoms with van der Waals surface area (Å²) in [5, 5.41) is 10.7. The molecule has 0 fully saturated rings. The Balaban J connectivity index is 2.11. The number of H-pyrrole nitrogens is 1. The van der Waals surface area contributed by atoms with Crippen molar-refractivity contribution in [2.24, 2.45) is 0 Å². The van der Waals surface area contributed by atoms with Gasteiger partial charge in [0.2, 0.25) is 0 Å². The van der Waals surface area contributed by atoms with E-state index < -0.39 is 0 Å². The molecule has 2 N–H and O–H groups in total. The summed E-state index contributed by atoms with van der Waals surface area (Å²) in [5.74, 6) is 1.07. The van der Waals surface area contributed by atoms with Gasteiger partial charge in [-0.3, -0.25) is 5.10 Å². The molecule has 1 atom stereocenters. The van der Waals surface area contributed by atoms with Crippen LogP contribution in [0.5, 0.6) is 0 Å². The van der Waals surface area contributed by atoms with E-state index in [1.807, 2.05) is 7.05 Å². The zero-order valence-electron chi connectivity index (χ0n) is 7.37. The summed E-state index contributed by atoms with van der Waals surface area (Å²) >= 11 is 1.70. The number of aromatic nitrogens is 3. The average molecular weight is 186 g/mol. The van der Waals surface area contributed by atoms with E-state index in [2.05, 4.69) is 27.4 Å². The minimum atomic E-state index is 0.570. The summed E-state index contributed by atoms with van der Waals surface area (Å²) in [6.07, 6.45) is 2.67. The van der Waals surface area contributed by atoms with Gasteiger partial charge in [0.15, 0.2) is 5.16 Å². The minimum absolute atomic E-state index is 0.570. The predicted molar refractivity (Wildman–Crippen MR) is 50.2 cm³/mol. The van der Waals surface area contributed by atoms with Crippen molar-refractivity contribution in [3.8, 4) is 0 Å². The molecule has 1 aromatic heterocycles. The molecule has 0 saturated carbocycles. The van der Waals surface area contributed by atoms with Gasteiger partial charge in [-0.2, -0.15) is 5.10 Å². The third-order valence-electron chi connectivity index (χ3n) is 1.68. The number of nitrogens with zero attached hydrogens (tertiary/aromatic N) is 2. The van der Waals surface area contributed by atoms with Crippen molar-refractivity contribution < 1.29 is 0 Å². The van der Waals surface area contributed by atoms with E-state index in [1.54, 1.807) is 11.8 Å². The molecule has 1 unspecified atom stereocenters. The Hall–Kier alpha value is -0.550. The highest BCUT2D eigenvalue weighted by atomic mass is 32.2.